The highest BCUT2D eigenvalue weighted by Crippen LogP contribution is 2.34. The van der Waals surface area contributed by atoms with Gasteiger partial charge in [0.25, 0.3) is 0 Å². The van der Waals surface area contributed by atoms with Gasteiger partial charge in [0.1, 0.15) is 4.90 Å². The maximum absolute atomic E-state index is 12.4. The predicted octanol–water partition coefficient (Wildman–Crippen LogP) is 1.14. The van der Waals surface area contributed by atoms with Gasteiger partial charge in [-0.3, -0.25) is 0 Å². The highest BCUT2D eigenvalue weighted by Gasteiger charge is 2.34. The van der Waals surface area contributed by atoms with Crippen LogP contribution >= 0.6 is 0 Å². The third-order valence-electron chi connectivity index (χ3n) is 4.00. The summed E-state index contributed by atoms with van der Waals surface area (Å²) in [5, 5.41) is 9.57. The number of nitrogens with zero attached hydrogens (tertiary/aromatic N) is 2. The summed E-state index contributed by atoms with van der Waals surface area (Å²) >= 11 is 0. The van der Waals surface area contributed by atoms with Gasteiger partial charge in [-0.2, -0.15) is 0 Å². The molecule has 1 saturated heterocycles. The third-order valence-corrected chi connectivity index (χ3v) is 5.87. The molecule has 2 unspecified atom stereocenters. The van der Waals surface area contributed by atoms with Crippen LogP contribution in [0.1, 0.15) is 13.3 Å². The van der Waals surface area contributed by atoms with Gasteiger partial charge >= 0.3 is 0 Å². The smallest absolute Gasteiger partial charge is 0.244 e. The van der Waals surface area contributed by atoms with Crippen molar-refractivity contribution in [2.75, 3.05) is 32.1 Å². The molecule has 6 heteroatoms. The Kier molecular flexibility index (Phi) is 4.36. The summed E-state index contributed by atoms with van der Waals surface area (Å²) in [6.07, 6.45) is 0.960. The van der Waals surface area contributed by atoms with Gasteiger partial charge in [-0.05, 0) is 24.5 Å². The topological polar surface area (TPSA) is 60.9 Å². The van der Waals surface area contributed by atoms with Gasteiger partial charge in [0.2, 0.25) is 10.0 Å². The minimum atomic E-state index is -3.48. The van der Waals surface area contributed by atoms with Crippen molar-refractivity contribution in [2.24, 2.45) is 5.92 Å². The maximum atomic E-state index is 12.4. The molecule has 20 heavy (non-hydrogen) atoms. The first kappa shape index (κ1) is 15.3. The van der Waals surface area contributed by atoms with Gasteiger partial charge in [-0.25, -0.2) is 12.7 Å². The lowest BCUT2D eigenvalue weighted by Crippen LogP contribution is -2.36. The zero-order valence-corrected chi connectivity index (χ0v) is 13.0. The molecule has 1 aliphatic rings. The van der Waals surface area contributed by atoms with E-state index in [-0.39, 0.29) is 12.6 Å². The molecule has 2 rings (SSSR count). The average molecular weight is 298 g/mol. The first-order valence-corrected chi connectivity index (χ1v) is 8.22. The van der Waals surface area contributed by atoms with E-state index in [1.165, 1.54) is 18.4 Å². The Labute approximate surface area is 120 Å². The number of anilines is 1. The van der Waals surface area contributed by atoms with Gasteiger partial charge in [0, 0.05) is 20.6 Å². The molecule has 112 valence electrons. The van der Waals surface area contributed by atoms with E-state index in [0.29, 0.717) is 16.5 Å². The molecule has 0 spiro atoms. The molecule has 2 atom stereocenters. The summed E-state index contributed by atoms with van der Waals surface area (Å²) in [6.45, 7) is 2.90. The molecule has 0 radical (unpaired) electrons. The SMILES string of the molecule is CC1CCN(c2ccccc2S(=O)(=O)N(C)C)C1CO. The van der Waals surface area contributed by atoms with Crippen molar-refractivity contribution >= 4 is 15.7 Å². The molecular formula is C14H22N2O3S. The fourth-order valence-corrected chi connectivity index (χ4v) is 3.79. The van der Waals surface area contributed by atoms with Gasteiger partial charge in [-0.15, -0.1) is 0 Å². The number of hydrogen-bond acceptors (Lipinski definition) is 4. The van der Waals surface area contributed by atoms with Crippen molar-refractivity contribution in [3.63, 3.8) is 0 Å². The highest BCUT2D eigenvalue weighted by atomic mass is 32.2. The van der Waals surface area contributed by atoms with Crippen LogP contribution in [0.3, 0.4) is 0 Å². The normalized spacial score (nSPS) is 23.6. The Morgan fingerprint density at radius 2 is 2.00 bits per heavy atom. The minimum Gasteiger partial charge on any atom is -0.394 e. The second-order valence-electron chi connectivity index (χ2n) is 5.46. The van der Waals surface area contributed by atoms with Crippen molar-refractivity contribution in [3.05, 3.63) is 24.3 Å². The zero-order valence-electron chi connectivity index (χ0n) is 12.2. The van der Waals surface area contributed by atoms with Crippen molar-refractivity contribution in [1.82, 2.24) is 4.31 Å². The second-order valence-corrected chi connectivity index (χ2v) is 7.58. The summed E-state index contributed by atoms with van der Waals surface area (Å²) in [5.74, 6) is 0.357. The lowest BCUT2D eigenvalue weighted by molar-refractivity contribution is 0.244. The Bertz CT molecular complexity index is 572. The van der Waals surface area contributed by atoms with Gasteiger partial charge < -0.3 is 10.0 Å². The largest absolute Gasteiger partial charge is 0.394 e. The van der Waals surface area contributed by atoms with E-state index in [2.05, 4.69) is 6.92 Å². The Hall–Kier alpha value is -1.11. The number of rotatable bonds is 4. The van der Waals surface area contributed by atoms with E-state index in [1.807, 2.05) is 17.0 Å². The van der Waals surface area contributed by atoms with E-state index in [9.17, 15) is 13.5 Å². The summed E-state index contributed by atoms with van der Waals surface area (Å²) in [6, 6.07) is 6.99. The number of hydrogen-bond donors (Lipinski definition) is 1. The van der Waals surface area contributed by atoms with Gasteiger partial charge in [0.15, 0.2) is 0 Å². The fourth-order valence-electron chi connectivity index (χ4n) is 2.69. The van der Waals surface area contributed by atoms with E-state index in [1.54, 1.807) is 12.1 Å². The lowest BCUT2D eigenvalue weighted by atomic mass is 10.0. The summed E-state index contributed by atoms with van der Waals surface area (Å²) < 4.78 is 26.1. The summed E-state index contributed by atoms with van der Waals surface area (Å²) in [4.78, 5) is 2.32. The average Bonchev–Trinajstić information content (AvgIpc) is 2.79. The molecule has 0 amide bonds. The molecule has 0 bridgehead atoms. The van der Waals surface area contributed by atoms with Crippen molar-refractivity contribution < 1.29 is 13.5 Å². The number of aliphatic hydroxyl groups is 1. The standard InChI is InChI=1S/C14H22N2O3S/c1-11-8-9-16(13(11)10-17)12-6-4-5-7-14(12)20(18,19)15(2)3/h4-7,11,13,17H,8-10H2,1-3H3. The number of aliphatic hydroxyl groups excluding tert-OH is 1. The van der Waals surface area contributed by atoms with Crippen LogP contribution in [-0.4, -0.2) is 51.1 Å². The molecule has 0 saturated carbocycles. The molecule has 1 aromatic carbocycles. The fraction of sp³-hybridized carbons (Fsp3) is 0.571. The first-order valence-electron chi connectivity index (χ1n) is 6.78. The van der Waals surface area contributed by atoms with Crippen LogP contribution in [0.2, 0.25) is 0 Å². The Morgan fingerprint density at radius 1 is 1.35 bits per heavy atom. The number of benzene rings is 1. The quantitative estimate of drug-likeness (QED) is 0.905. The van der Waals surface area contributed by atoms with E-state index >= 15 is 0 Å². The molecule has 1 aromatic rings. The number of sulfonamides is 1. The molecule has 1 heterocycles. The maximum Gasteiger partial charge on any atom is 0.244 e. The molecule has 0 aliphatic carbocycles. The predicted molar refractivity (Wildman–Crippen MR) is 79.3 cm³/mol. The molecule has 5 nitrogen and oxygen atoms in total. The number of para-hydroxylation sites is 1. The van der Waals surface area contributed by atoms with Crippen molar-refractivity contribution in [1.29, 1.82) is 0 Å². The van der Waals surface area contributed by atoms with Gasteiger partial charge in [0.05, 0.1) is 18.3 Å². The van der Waals surface area contributed by atoms with Crippen LogP contribution in [0.25, 0.3) is 0 Å². The van der Waals surface area contributed by atoms with Crippen LogP contribution < -0.4 is 4.90 Å². The summed E-state index contributed by atoms with van der Waals surface area (Å²) in [5.41, 5.74) is 0.685. The molecular weight excluding hydrogens is 276 g/mol. The zero-order chi connectivity index (χ0) is 14.9. The molecule has 1 fully saturated rings. The third kappa shape index (κ3) is 2.55. The minimum absolute atomic E-state index is 0.0199. The van der Waals surface area contributed by atoms with Crippen molar-refractivity contribution in [2.45, 2.75) is 24.3 Å². The van der Waals surface area contributed by atoms with Crippen LogP contribution in [0.15, 0.2) is 29.2 Å². The Balaban J connectivity index is 2.49. The van der Waals surface area contributed by atoms with E-state index in [4.69, 9.17) is 0 Å². The molecule has 1 N–H and O–H groups in total. The first-order chi connectivity index (χ1) is 9.39. The van der Waals surface area contributed by atoms with Crippen LogP contribution in [0, 0.1) is 5.92 Å². The van der Waals surface area contributed by atoms with Crippen molar-refractivity contribution in [3.8, 4) is 0 Å². The second kappa shape index (κ2) is 5.71. The summed E-state index contributed by atoms with van der Waals surface area (Å²) in [7, 11) is -0.424. The van der Waals surface area contributed by atoms with Crippen LogP contribution in [-0.2, 0) is 10.0 Å². The highest BCUT2D eigenvalue weighted by molar-refractivity contribution is 7.89. The lowest BCUT2D eigenvalue weighted by Gasteiger charge is -2.29. The molecule has 0 aromatic heterocycles. The van der Waals surface area contributed by atoms with Gasteiger partial charge in [-0.1, -0.05) is 19.1 Å². The van der Waals surface area contributed by atoms with Crippen LogP contribution in [0.4, 0.5) is 5.69 Å². The molecule has 1 aliphatic heterocycles. The monoisotopic (exact) mass is 298 g/mol. The Morgan fingerprint density at radius 3 is 2.60 bits per heavy atom. The van der Waals surface area contributed by atoms with E-state index < -0.39 is 10.0 Å². The van der Waals surface area contributed by atoms with Crippen LogP contribution in [0.5, 0.6) is 0 Å². The van der Waals surface area contributed by atoms with E-state index in [0.717, 1.165) is 13.0 Å².